The molecule has 1 heterocycles. The maximum atomic E-state index is 13.7. The number of aromatic carboxylic acids is 1. The van der Waals surface area contributed by atoms with E-state index in [9.17, 15) is 13.6 Å². The summed E-state index contributed by atoms with van der Waals surface area (Å²) in [5.74, 6) is -3.07. The number of halogens is 2. The van der Waals surface area contributed by atoms with Crippen molar-refractivity contribution in [3.63, 3.8) is 0 Å². The van der Waals surface area contributed by atoms with Gasteiger partial charge in [0.1, 0.15) is 11.6 Å². The molecule has 90 valence electrons. The summed E-state index contributed by atoms with van der Waals surface area (Å²) >= 11 is 0. The van der Waals surface area contributed by atoms with Crippen LogP contribution in [0.4, 0.5) is 8.78 Å². The van der Waals surface area contributed by atoms with Crippen molar-refractivity contribution in [1.29, 1.82) is 0 Å². The zero-order valence-electron chi connectivity index (χ0n) is 8.96. The molecule has 1 aromatic carbocycles. The molecule has 0 fully saturated rings. The Morgan fingerprint density at radius 1 is 1.29 bits per heavy atom. The molecular formula is C12H11F2NO2. The van der Waals surface area contributed by atoms with Gasteiger partial charge in [-0.1, -0.05) is 6.08 Å². The highest BCUT2D eigenvalue weighted by Crippen LogP contribution is 2.25. The van der Waals surface area contributed by atoms with Crippen LogP contribution in [0.15, 0.2) is 18.2 Å². The van der Waals surface area contributed by atoms with Crippen LogP contribution in [0.5, 0.6) is 0 Å². The van der Waals surface area contributed by atoms with Crippen LogP contribution in [0, 0.1) is 11.6 Å². The molecule has 0 atom stereocenters. The third-order valence-electron chi connectivity index (χ3n) is 2.70. The Morgan fingerprint density at radius 3 is 2.65 bits per heavy atom. The molecule has 0 amide bonds. The number of rotatable bonds is 2. The normalized spacial score (nSPS) is 15.5. The van der Waals surface area contributed by atoms with E-state index < -0.39 is 23.2 Å². The van der Waals surface area contributed by atoms with Gasteiger partial charge in [-0.05, 0) is 30.7 Å². The van der Waals surface area contributed by atoms with Crippen LogP contribution in [0.2, 0.25) is 0 Å². The summed E-state index contributed by atoms with van der Waals surface area (Å²) in [4.78, 5) is 10.6. The number of hydrogen-bond donors (Lipinski definition) is 2. The van der Waals surface area contributed by atoms with E-state index in [2.05, 4.69) is 5.32 Å². The van der Waals surface area contributed by atoms with Crippen LogP contribution in [0.25, 0.3) is 5.57 Å². The number of carboxylic acid groups (broad SMARTS) is 1. The molecule has 0 aromatic heterocycles. The minimum Gasteiger partial charge on any atom is -0.478 e. The molecule has 1 aromatic rings. The number of carbonyl (C=O) groups is 1. The zero-order chi connectivity index (χ0) is 12.4. The summed E-state index contributed by atoms with van der Waals surface area (Å²) in [6.45, 7) is 1.31. The topological polar surface area (TPSA) is 49.3 Å². The fourth-order valence-corrected chi connectivity index (χ4v) is 1.82. The molecule has 3 nitrogen and oxygen atoms in total. The molecular weight excluding hydrogens is 228 g/mol. The molecule has 0 radical (unpaired) electrons. The van der Waals surface area contributed by atoms with E-state index in [4.69, 9.17) is 5.11 Å². The Morgan fingerprint density at radius 2 is 2.06 bits per heavy atom. The first-order chi connectivity index (χ1) is 8.09. The fraction of sp³-hybridized carbons (Fsp3) is 0.250. The molecule has 0 bridgehead atoms. The van der Waals surface area contributed by atoms with Gasteiger partial charge in [-0.15, -0.1) is 0 Å². The summed E-state index contributed by atoms with van der Waals surface area (Å²) in [7, 11) is 0. The Kier molecular flexibility index (Phi) is 3.19. The van der Waals surface area contributed by atoms with Gasteiger partial charge in [-0.3, -0.25) is 0 Å². The first kappa shape index (κ1) is 11.7. The molecule has 2 N–H and O–H groups in total. The van der Waals surface area contributed by atoms with Crippen LogP contribution in [0.3, 0.4) is 0 Å². The molecule has 0 unspecified atom stereocenters. The first-order valence-corrected chi connectivity index (χ1v) is 5.22. The molecule has 5 heteroatoms. The third kappa shape index (κ3) is 2.34. The van der Waals surface area contributed by atoms with Crippen LogP contribution >= 0.6 is 0 Å². The van der Waals surface area contributed by atoms with Crippen molar-refractivity contribution in [1.82, 2.24) is 5.32 Å². The Labute approximate surface area is 96.8 Å². The van der Waals surface area contributed by atoms with Gasteiger partial charge < -0.3 is 10.4 Å². The van der Waals surface area contributed by atoms with Crippen molar-refractivity contribution >= 4 is 11.5 Å². The summed E-state index contributed by atoms with van der Waals surface area (Å²) < 4.78 is 27.1. The SMILES string of the molecule is O=C(O)c1cc(F)c(C2=CCNCC2)cc1F. The van der Waals surface area contributed by atoms with E-state index in [0.29, 0.717) is 25.1 Å². The highest BCUT2D eigenvalue weighted by molar-refractivity contribution is 5.88. The van der Waals surface area contributed by atoms with Gasteiger partial charge in [0, 0.05) is 12.1 Å². The van der Waals surface area contributed by atoms with Gasteiger partial charge in [0.15, 0.2) is 0 Å². The molecule has 17 heavy (non-hydrogen) atoms. The summed E-state index contributed by atoms with van der Waals surface area (Å²) in [6, 6.07) is 1.69. The van der Waals surface area contributed by atoms with Crippen LogP contribution < -0.4 is 5.32 Å². The largest absolute Gasteiger partial charge is 0.478 e. The van der Waals surface area contributed by atoms with E-state index in [-0.39, 0.29) is 5.56 Å². The standard InChI is InChI=1S/C12H11F2NO2/c13-10-6-9(12(16)17)11(14)5-8(10)7-1-3-15-4-2-7/h1,5-6,15H,2-4H2,(H,16,17). The average Bonchev–Trinajstić information content (AvgIpc) is 2.32. The van der Waals surface area contributed by atoms with Gasteiger partial charge in [-0.25, -0.2) is 13.6 Å². The second-order valence-electron chi connectivity index (χ2n) is 3.80. The fourth-order valence-electron chi connectivity index (χ4n) is 1.82. The lowest BCUT2D eigenvalue weighted by Gasteiger charge is -2.15. The monoisotopic (exact) mass is 239 g/mol. The molecule has 2 rings (SSSR count). The molecule has 1 aliphatic heterocycles. The van der Waals surface area contributed by atoms with E-state index in [0.717, 1.165) is 12.1 Å². The van der Waals surface area contributed by atoms with Crippen molar-refractivity contribution < 1.29 is 18.7 Å². The quantitative estimate of drug-likeness (QED) is 0.830. The highest BCUT2D eigenvalue weighted by atomic mass is 19.1. The van der Waals surface area contributed by atoms with Gasteiger partial charge in [0.05, 0.1) is 5.56 Å². The molecule has 0 saturated heterocycles. The van der Waals surface area contributed by atoms with Gasteiger partial charge >= 0.3 is 5.97 Å². The third-order valence-corrected chi connectivity index (χ3v) is 2.70. The van der Waals surface area contributed by atoms with Crippen molar-refractivity contribution in [3.8, 4) is 0 Å². The number of hydrogen-bond acceptors (Lipinski definition) is 2. The number of nitrogens with one attached hydrogen (secondary N) is 1. The highest BCUT2D eigenvalue weighted by Gasteiger charge is 2.17. The molecule has 0 saturated carbocycles. The summed E-state index contributed by atoms with van der Waals surface area (Å²) in [5.41, 5.74) is 0.215. The first-order valence-electron chi connectivity index (χ1n) is 5.22. The van der Waals surface area contributed by atoms with Crippen molar-refractivity contribution in [2.75, 3.05) is 13.1 Å². The molecule has 1 aliphatic rings. The van der Waals surface area contributed by atoms with Gasteiger partial charge in [0.2, 0.25) is 0 Å². The smallest absolute Gasteiger partial charge is 0.338 e. The second kappa shape index (κ2) is 4.63. The van der Waals surface area contributed by atoms with Crippen molar-refractivity contribution in [3.05, 3.63) is 41.0 Å². The lowest BCUT2D eigenvalue weighted by Crippen LogP contribution is -2.20. The molecule has 0 spiro atoms. The van der Waals surface area contributed by atoms with Gasteiger partial charge in [0.25, 0.3) is 0 Å². The predicted molar refractivity (Wildman–Crippen MR) is 58.8 cm³/mol. The average molecular weight is 239 g/mol. The molecule has 0 aliphatic carbocycles. The lowest BCUT2D eigenvalue weighted by molar-refractivity contribution is 0.0691. The number of carboxylic acids is 1. The summed E-state index contributed by atoms with van der Waals surface area (Å²) in [5, 5.41) is 11.7. The second-order valence-corrected chi connectivity index (χ2v) is 3.80. The van der Waals surface area contributed by atoms with Crippen molar-refractivity contribution in [2.45, 2.75) is 6.42 Å². The van der Waals surface area contributed by atoms with E-state index in [1.54, 1.807) is 6.08 Å². The lowest BCUT2D eigenvalue weighted by atomic mass is 9.98. The summed E-state index contributed by atoms with van der Waals surface area (Å²) in [6.07, 6.45) is 2.38. The van der Waals surface area contributed by atoms with E-state index in [1.807, 2.05) is 0 Å². The van der Waals surface area contributed by atoms with Crippen molar-refractivity contribution in [2.24, 2.45) is 0 Å². The van der Waals surface area contributed by atoms with E-state index >= 15 is 0 Å². The predicted octanol–water partition coefficient (Wildman–Crippen LogP) is 2.04. The zero-order valence-corrected chi connectivity index (χ0v) is 8.96. The van der Waals surface area contributed by atoms with Gasteiger partial charge in [-0.2, -0.15) is 0 Å². The number of benzene rings is 1. The van der Waals surface area contributed by atoms with Crippen LogP contribution in [-0.2, 0) is 0 Å². The maximum Gasteiger partial charge on any atom is 0.338 e. The van der Waals surface area contributed by atoms with Crippen LogP contribution in [-0.4, -0.2) is 24.2 Å². The Bertz CT molecular complexity index is 498. The van der Waals surface area contributed by atoms with E-state index in [1.165, 1.54) is 0 Å². The minimum atomic E-state index is -1.47. The minimum absolute atomic E-state index is 0.147. The Hall–Kier alpha value is -1.75. The Balaban J connectivity index is 2.46. The van der Waals surface area contributed by atoms with Crippen LogP contribution in [0.1, 0.15) is 22.3 Å². The maximum absolute atomic E-state index is 13.7.